The fraction of sp³-hybridized carbons (Fsp3) is 0.167. The molecule has 0 fully saturated rings. The van der Waals surface area contributed by atoms with Crippen LogP contribution in [0.4, 0.5) is 4.39 Å². The molecule has 122 valence electrons. The van der Waals surface area contributed by atoms with Crippen LogP contribution in [0.1, 0.15) is 28.7 Å². The molecule has 0 aliphatic carbocycles. The molecule has 0 saturated heterocycles. The summed E-state index contributed by atoms with van der Waals surface area (Å²) in [6.45, 7) is 4.81. The van der Waals surface area contributed by atoms with Crippen molar-refractivity contribution >= 4 is 23.2 Å². The van der Waals surface area contributed by atoms with E-state index in [0.717, 1.165) is 23.4 Å². The number of fused-ring (bicyclic) bond motifs is 1. The van der Waals surface area contributed by atoms with Crippen LogP contribution in [0.5, 0.6) is 0 Å². The predicted molar refractivity (Wildman–Crippen MR) is 91.6 cm³/mol. The smallest absolute Gasteiger partial charge is 0.271 e. The number of halogens is 1. The van der Waals surface area contributed by atoms with Gasteiger partial charge in [0, 0.05) is 12.1 Å². The number of nitrogens with one attached hydrogen (secondary N) is 1. The molecule has 6 heteroatoms. The van der Waals surface area contributed by atoms with Crippen LogP contribution in [0.15, 0.2) is 47.6 Å². The van der Waals surface area contributed by atoms with Crippen LogP contribution < -0.4 is 5.43 Å². The van der Waals surface area contributed by atoms with Gasteiger partial charge >= 0.3 is 0 Å². The number of carbonyl (C=O) groups is 1. The van der Waals surface area contributed by atoms with E-state index in [9.17, 15) is 9.18 Å². The average molecular weight is 324 g/mol. The third kappa shape index (κ3) is 3.17. The Morgan fingerprint density at radius 2 is 2.17 bits per heavy atom. The van der Waals surface area contributed by atoms with E-state index in [1.165, 1.54) is 18.3 Å². The van der Waals surface area contributed by atoms with Crippen LogP contribution >= 0.6 is 0 Å². The van der Waals surface area contributed by atoms with Crippen molar-refractivity contribution in [3.05, 3.63) is 65.2 Å². The Kier molecular flexibility index (Phi) is 4.37. The van der Waals surface area contributed by atoms with Crippen LogP contribution in [0.3, 0.4) is 0 Å². The summed E-state index contributed by atoms with van der Waals surface area (Å²) in [5.41, 5.74) is 5.25. The lowest BCUT2D eigenvalue weighted by Crippen LogP contribution is -2.17. The summed E-state index contributed by atoms with van der Waals surface area (Å²) in [6, 6.07) is 11.3. The predicted octanol–water partition coefficient (Wildman–Crippen LogP) is 3.27. The van der Waals surface area contributed by atoms with E-state index < -0.39 is 0 Å². The lowest BCUT2D eigenvalue weighted by atomic mass is 10.2. The van der Waals surface area contributed by atoms with E-state index in [0.29, 0.717) is 11.1 Å². The third-order valence-corrected chi connectivity index (χ3v) is 3.75. The molecule has 3 aromatic rings. The average Bonchev–Trinajstić information content (AvgIpc) is 2.88. The normalized spacial score (nSPS) is 11.3. The molecule has 5 nitrogen and oxygen atoms in total. The van der Waals surface area contributed by atoms with Crippen molar-refractivity contribution < 1.29 is 9.18 Å². The number of hydrogen-bond donors (Lipinski definition) is 1. The van der Waals surface area contributed by atoms with E-state index in [1.807, 2.05) is 13.0 Å². The monoisotopic (exact) mass is 324 g/mol. The number of amides is 1. The van der Waals surface area contributed by atoms with E-state index >= 15 is 0 Å². The molecule has 0 unspecified atom stereocenters. The minimum Gasteiger partial charge on any atom is -0.329 e. The van der Waals surface area contributed by atoms with Crippen molar-refractivity contribution in [3.8, 4) is 0 Å². The lowest BCUT2D eigenvalue weighted by molar-refractivity contribution is 0.0955. The molecule has 0 aliphatic heterocycles. The van der Waals surface area contributed by atoms with Crippen molar-refractivity contribution in [2.75, 3.05) is 0 Å². The minimum absolute atomic E-state index is 0.340. The maximum absolute atomic E-state index is 13.1. The van der Waals surface area contributed by atoms with Gasteiger partial charge in [0.25, 0.3) is 5.91 Å². The SMILES string of the molecule is CCn1c(C)nc2cc(C(=O)N/N=C/c3cccc(F)c3)ccc21. The minimum atomic E-state index is -0.349. The van der Waals surface area contributed by atoms with Crippen molar-refractivity contribution in [1.29, 1.82) is 0 Å². The first kappa shape index (κ1) is 15.9. The molecule has 0 spiro atoms. The summed E-state index contributed by atoms with van der Waals surface area (Å²) >= 11 is 0. The topological polar surface area (TPSA) is 59.3 Å². The van der Waals surface area contributed by atoms with Gasteiger partial charge in [-0.15, -0.1) is 0 Å². The van der Waals surface area contributed by atoms with Crippen molar-refractivity contribution in [1.82, 2.24) is 15.0 Å². The Morgan fingerprint density at radius 3 is 2.92 bits per heavy atom. The van der Waals surface area contributed by atoms with Gasteiger partial charge in [0.1, 0.15) is 11.6 Å². The molecule has 0 aliphatic rings. The summed E-state index contributed by atoms with van der Waals surface area (Å²) in [6.07, 6.45) is 1.40. The molecule has 1 N–H and O–H groups in total. The van der Waals surface area contributed by atoms with Gasteiger partial charge < -0.3 is 4.57 Å². The van der Waals surface area contributed by atoms with Crippen LogP contribution in [-0.2, 0) is 6.54 Å². The van der Waals surface area contributed by atoms with E-state index in [-0.39, 0.29) is 11.7 Å². The quantitative estimate of drug-likeness (QED) is 0.591. The van der Waals surface area contributed by atoms with Crippen LogP contribution in [0.2, 0.25) is 0 Å². The number of carbonyl (C=O) groups excluding carboxylic acids is 1. The molecular weight excluding hydrogens is 307 g/mol. The second kappa shape index (κ2) is 6.62. The summed E-state index contributed by atoms with van der Waals surface area (Å²) in [7, 11) is 0. The van der Waals surface area contributed by atoms with Gasteiger partial charge in [0.05, 0.1) is 17.2 Å². The molecule has 3 rings (SSSR count). The molecule has 1 heterocycles. The zero-order valence-electron chi connectivity index (χ0n) is 13.5. The maximum atomic E-state index is 13.1. The first-order valence-corrected chi connectivity index (χ1v) is 7.64. The number of hydrazone groups is 1. The second-order valence-electron chi connectivity index (χ2n) is 5.36. The first-order chi connectivity index (χ1) is 11.6. The lowest BCUT2D eigenvalue weighted by Gasteiger charge is -2.03. The van der Waals surface area contributed by atoms with Crippen LogP contribution in [0.25, 0.3) is 11.0 Å². The Hall–Kier alpha value is -3.02. The Bertz CT molecular complexity index is 930. The number of nitrogens with zero attached hydrogens (tertiary/aromatic N) is 3. The van der Waals surface area contributed by atoms with Gasteiger partial charge in [-0.3, -0.25) is 4.79 Å². The Morgan fingerprint density at radius 1 is 1.33 bits per heavy atom. The second-order valence-corrected chi connectivity index (χ2v) is 5.36. The molecule has 0 saturated carbocycles. The maximum Gasteiger partial charge on any atom is 0.271 e. The highest BCUT2D eigenvalue weighted by Crippen LogP contribution is 2.17. The largest absolute Gasteiger partial charge is 0.329 e. The Labute approximate surface area is 138 Å². The van der Waals surface area contributed by atoms with Crippen molar-refractivity contribution in [2.24, 2.45) is 5.10 Å². The molecular formula is C18H17FN4O. The highest BCUT2D eigenvalue weighted by Gasteiger charge is 2.10. The number of imidazole rings is 1. The number of aryl methyl sites for hydroxylation is 2. The highest BCUT2D eigenvalue weighted by molar-refractivity contribution is 5.97. The van der Waals surface area contributed by atoms with Crippen LogP contribution in [-0.4, -0.2) is 21.7 Å². The summed E-state index contributed by atoms with van der Waals surface area (Å²) < 4.78 is 15.2. The molecule has 0 atom stereocenters. The standard InChI is InChI=1S/C18H17FN4O/c1-3-23-12(2)21-16-10-14(7-8-17(16)23)18(24)22-20-11-13-5-4-6-15(19)9-13/h4-11H,3H2,1-2H3,(H,22,24)/b20-11+. The summed E-state index contributed by atoms with van der Waals surface area (Å²) in [5, 5.41) is 3.86. The van der Waals surface area contributed by atoms with Crippen molar-refractivity contribution in [2.45, 2.75) is 20.4 Å². The van der Waals surface area contributed by atoms with E-state index in [4.69, 9.17) is 0 Å². The zero-order chi connectivity index (χ0) is 17.1. The fourth-order valence-corrected chi connectivity index (χ4v) is 2.61. The van der Waals surface area contributed by atoms with Gasteiger partial charge in [0.2, 0.25) is 0 Å². The summed E-state index contributed by atoms with van der Waals surface area (Å²) in [4.78, 5) is 16.6. The van der Waals surface area contributed by atoms with Gasteiger partial charge in [0.15, 0.2) is 0 Å². The molecule has 24 heavy (non-hydrogen) atoms. The molecule has 0 radical (unpaired) electrons. The van der Waals surface area contributed by atoms with Gasteiger partial charge in [-0.1, -0.05) is 12.1 Å². The number of hydrogen-bond acceptors (Lipinski definition) is 3. The summed E-state index contributed by atoms with van der Waals surface area (Å²) in [5.74, 6) is 0.222. The number of aromatic nitrogens is 2. The van der Waals surface area contributed by atoms with Gasteiger partial charge in [-0.25, -0.2) is 14.8 Å². The van der Waals surface area contributed by atoms with Crippen molar-refractivity contribution in [3.63, 3.8) is 0 Å². The first-order valence-electron chi connectivity index (χ1n) is 7.64. The number of rotatable bonds is 4. The molecule has 2 aromatic carbocycles. The molecule has 0 bridgehead atoms. The van der Waals surface area contributed by atoms with Gasteiger partial charge in [-0.2, -0.15) is 5.10 Å². The highest BCUT2D eigenvalue weighted by atomic mass is 19.1. The zero-order valence-corrected chi connectivity index (χ0v) is 13.5. The molecule has 1 aromatic heterocycles. The van der Waals surface area contributed by atoms with E-state index in [1.54, 1.807) is 24.3 Å². The Balaban J connectivity index is 1.76. The number of benzene rings is 2. The van der Waals surface area contributed by atoms with Gasteiger partial charge in [-0.05, 0) is 49.7 Å². The van der Waals surface area contributed by atoms with Crippen LogP contribution in [0, 0.1) is 12.7 Å². The molecule has 1 amide bonds. The van der Waals surface area contributed by atoms with E-state index in [2.05, 4.69) is 27.0 Å². The third-order valence-electron chi connectivity index (χ3n) is 3.75. The fourth-order valence-electron chi connectivity index (χ4n) is 2.61.